The van der Waals surface area contributed by atoms with Crippen molar-refractivity contribution < 1.29 is 13.2 Å². The van der Waals surface area contributed by atoms with Crippen LogP contribution in [0.4, 0.5) is 0 Å². The van der Waals surface area contributed by atoms with Gasteiger partial charge < -0.3 is 10.6 Å². The summed E-state index contributed by atoms with van der Waals surface area (Å²) in [6, 6.07) is 7.13. The third kappa shape index (κ3) is 4.40. The zero-order valence-corrected chi connectivity index (χ0v) is 15.5. The highest BCUT2D eigenvalue weighted by molar-refractivity contribution is 7.89. The lowest BCUT2D eigenvalue weighted by molar-refractivity contribution is -0.126. The highest BCUT2D eigenvalue weighted by atomic mass is 32.2. The van der Waals surface area contributed by atoms with Crippen molar-refractivity contribution in [2.24, 2.45) is 5.92 Å². The monoisotopic (exact) mass is 365 g/mol. The molecular weight excluding hydrogens is 338 g/mol. The minimum Gasteiger partial charge on any atom is -0.352 e. The van der Waals surface area contributed by atoms with Gasteiger partial charge in [-0.05, 0) is 51.3 Å². The summed E-state index contributed by atoms with van der Waals surface area (Å²) < 4.78 is 26.9. The van der Waals surface area contributed by atoms with Crippen molar-refractivity contribution in [1.29, 1.82) is 0 Å². The second-order valence-corrected chi connectivity index (χ2v) is 8.98. The number of hydrogen-bond donors (Lipinski definition) is 2. The van der Waals surface area contributed by atoms with E-state index in [1.165, 1.54) is 4.31 Å². The van der Waals surface area contributed by atoms with Crippen LogP contribution < -0.4 is 10.6 Å². The summed E-state index contributed by atoms with van der Waals surface area (Å²) >= 11 is 0. The van der Waals surface area contributed by atoms with E-state index in [0.29, 0.717) is 30.8 Å². The van der Waals surface area contributed by atoms with Gasteiger partial charge in [0.25, 0.3) is 0 Å². The molecule has 2 aliphatic heterocycles. The quantitative estimate of drug-likeness (QED) is 0.842. The molecule has 1 aromatic carbocycles. The lowest BCUT2D eigenvalue weighted by Crippen LogP contribution is -2.49. The molecule has 6 nitrogen and oxygen atoms in total. The molecule has 0 aliphatic carbocycles. The van der Waals surface area contributed by atoms with Crippen molar-refractivity contribution in [1.82, 2.24) is 14.9 Å². The zero-order chi connectivity index (χ0) is 17.9. The van der Waals surface area contributed by atoms with Gasteiger partial charge in [0.05, 0.1) is 4.90 Å². The number of nitrogens with one attached hydrogen (secondary N) is 2. The number of hydrogen-bond acceptors (Lipinski definition) is 4. The average molecular weight is 365 g/mol. The van der Waals surface area contributed by atoms with E-state index >= 15 is 0 Å². The van der Waals surface area contributed by atoms with Crippen LogP contribution in [0.25, 0.3) is 0 Å². The van der Waals surface area contributed by atoms with Crippen molar-refractivity contribution in [3.05, 3.63) is 29.8 Å². The fourth-order valence-electron chi connectivity index (χ4n) is 3.51. The maximum Gasteiger partial charge on any atom is 0.243 e. The molecule has 2 heterocycles. The largest absolute Gasteiger partial charge is 0.352 e. The van der Waals surface area contributed by atoms with E-state index in [0.717, 1.165) is 31.5 Å². The third-order valence-corrected chi connectivity index (χ3v) is 7.04. The maximum absolute atomic E-state index is 12.7. The van der Waals surface area contributed by atoms with Gasteiger partial charge in [-0.1, -0.05) is 17.7 Å². The van der Waals surface area contributed by atoms with Gasteiger partial charge in [0, 0.05) is 31.6 Å². The van der Waals surface area contributed by atoms with Crippen molar-refractivity contribution >= 4 is 15.9 Å². The number of amides is 1. The molecule has 2 fully saturated rings. The SMILES string of the molecule is Cc1ccc(S(=O)(=O)N2CCC(C(=O)NC3CCCNC3)CC2)cc1. The molecule has 1 amide bonds. The number of rotatable bonds is 4. The van der Waals surface area contributed by atoms with Crippen molar-refractivity contribution in [3.63, 3.8) is 0 Å². The van der Waals surface area contributed by atoms with Crippen molar-refractivity contribution in [2.45, 2.75) is 43.5 Å². The van der Waals surface area contributed by atoms with E-state index < -0.39 is 10.0 Å². The molecule has 0 radical (unpaired) electrons. The van der Waals surface area contributed by atoms with Gasteiger partial charge >= 0.3 is 0 Å². The molecule has 1 aromatic rings. The van der Waals surface area contributed by atoms with Crippen molar-refractivity contribution in [3.8, 4) is 0 Å². The van der Waals surface area contributed by atoms with Gasteiger partial charge in [-0.15, -0.1) is 0 Å². The molecule has 0 bridgehead atoms. The van der Waals surface area contributed by atoms with E-state index in [1.807, 2.05) is 19.1 Å². The molecule has 2 N–H and O–H groups in total. The Kier molecular flexibility index (Phi) is 5.76. The van der Waals surface area contributed by atoms with Gasteiger partial charge in [0.1, 0.15) is 0 Å². The summed E-state index contributed by atoms with van der Waals surface area (Å²) in [5, 5.41) is 6.40. The molecule has 2 saturated heterocycles. The fourth-order valence-corrected chi connectivity index (χ4v) is 4.98. The topological polar surface area (TPSA) is 78.5 Å². The van der Waals surface area contributed by atoms with Crippen LogP contribution in [0.2, 0.25) is 0 Å². The number of aryl methyl sites for hydroxylation is 1. The summed E-state index contributed by atoms with van der Waals surface area (Å²) in [6.45, 7) is 4.57. The van der Waals surface area contributed by atoms with E-state index in [-0.39, 0.29) is 17.9 Å². The molecule has 25 heavy (non-hydrogen) atoms. The second kappa shape index (κ2) is 7.85. The maximum atomic E-state index is 12.7. The smallest absolute Gasteiger partial charge is 0.243 e. The molecule has 0 aromatic heterocycles. The number of sulfonamides is 1. The average Bonchev–Trinajstić information content (AvgIpc) is 2.63. The first-order valence-corrected chi connectivity index (χ1v) is 10.5. The van der Waals surface area contributed by atoms with E-state index in [9.17, 15) is 13.2 Å². The Morgan fingerprint density at radius 3 is 2.44 bits per heavy atom. The number of piperidine rings is 2. The lowest BCUT2D eigenvalue weighted by atomic mass is 9.96. The highest BCUT2D eigenvalue weighted by Gasteiger charge is 2.32. The second-order valence-electron chi connectivity index (χ2n) is 7.04. The molecule has 138 valence electrons. The van der Waals surface area contributed by atoms with Crippen molar-refractivity contribution in [2.75, 3.05) is 26.2 Å². The Balaban J connectivity index is 1.55. The molecule has 1 atom stereocenters. The van der Waals surface area contributed by atoms with Crippen LogP contribution in [-0.4, -0.2) is 50.9 Å². The van der Waals surface area contributed by atoms with Crippen LogP contribution in [0.5, 0.6) is 0 Å². The molecule has 0 saturated carbocycles. The van der Waals surface area contributed by atoms with Gasteiger partial charge in [0.2, 0.25) is 15.9 Å². The molecule has 1 unspecified atom stereocenters. The molecule has 2 aliphatic rings. The Hall–Kier alpha value is -1.44. The predicted molar refractivity (Wildman–Crippen MR) is 96.7 cm³/mol. The summed E-state index contributed by atoms with van der Waals surface area (Å²) in [7, 11) is -3.46. The fraction of sp³-hybridized carbons (Fsp3) is 0.611. The van der Waals surface area contributed by atoms with E-state index in [4.69, 9.17) is 0 Å². The third-order valence-electron chi connectivity index (χ3n) is 5.13. The first-order chi connectivity index (χ1) is 12.0. The number of carbonyl (C=O) groups excluding carboxylic acids is 1. The summed E-state index contributed by atoms with van der Waals surface area (Å²) in [5.41, 5.74) is 1.03. The van der Waals surface area contributed by atoms with Gasteiger partial charge in [0.15, 0.2) is 0 Å². The molecule has 0 spiro atoms. The van der Waals surface area contributed by atoms with Crippen LogP contribution in [0, 0.1) is 12.8 Å². The Bertz CT molecular complexity index is 689. The normalized spacial score (nSPS) is 23.3. The lowest BCUT2D eigenvalue weighted by Gasteiger charge is -2.32. The summed E-state index contributed by atoms with van der Waals surface area (Å²) in [5.74, 6) is -0.0209. The van der Waals surface area contributed by atoms with Gasteiger partial charge in [-0.25, -0.2) is 8.42 Å². The number of benzene rings is 1. The van der Waals surface area contributed by atoms with Crippen LogP contribution in [0.1, 0.15) is 31.2 Å². The van der Waals surface area contributed by atoms with E-state index in [2.05, 4.69) is 10.6 Å². The zero-order valence-electron chi connectivity index (χ0n) is 14.7. The van der Waals surface area contributed by atoms with Crippen LogP contribution >= 0.6 is 0 Å². The first-order valence-electron chi connectivity index (χ1n) is 9.05. The predicted octanol–water partition coefficient (Wildman–Crippen LogP) is 1.26. The molecule has 7 heteroatoms. The summed E-state index contributed by atoms with van der Waals surface area (Å²) in [6.07, 6.45) is 3.26. The number of carbonyl (C=O) groups is 1. The Morgan fingerprint density at radius 2 is 1.84 bits per heavy atom. The number of nitrogens with zero attached hydrogens (tertiary/aromatic N) is 1. The Labute approximate surface area is 150 Å². The summed E-state index contributed by atoms with van der Waals surface area (Å²) in [4.78, 5) is 12.8. The molecule has 3 rings (SSSR count). The van der Waals surface area contributed by atoms with Crippen LogP contribution in [0.3, 0.4) is 0 Å². The minimum atomic E-state index is -3.46. The minimum absolute atomic E-state index is 0.0704. The standard InChI is InChI=1S/C18H27N3O3S/c1-14-4-6-17(7-5-14)25(23,24)21-11-8-15(9-12-21)18(22)20-16-3-2-10-19-13-16/h4-7,15-16,19H,2-3,8-13H2,1H3,(H,20,22). The highest BCUT2D eigenvalue weighted by Crippen LogP contribution is 2.24. The van der Waals surface area contributed by atoms with Gasteiger partial charge in [-0.2, -0.15) is 4.31 Å². The van der Waals surface area contributed by atoms with Crippen LogP contribution in [0.15, 0.2) is 29.2 Å². The Morgan fingerprint density at radius 1 is 1.16 bits per heavy atom. The molecular formula is C18H27N3O3S. The van der Waals surface area contributed by atoms with Crippen LogP contribution in [-0.2, 0) is 14.8 Å². The first kappa shape index (κ1) is 18.4. The van der Waals surface area contributed by atoms with E-state index in [1.54, 1.807) is 12.1 Å². The van der Waals surface area contributed by atoms with Gasteiger partial charge in [-0.3, -0.25) is 4.79 Å².